The van der Waals surface area contributed by atoms with Gasteiger partial charge in [-0.15, -0.1) is 0 Å². The van der Waals surface area contributed by atoms with Crippen LogP contribution in [0.1, 0.15) is 17.2 Å². The number of rotatable bonds is 5. The molecule has 0 saturated carbocycles. The Morgan fingerprint density at radius 2 is 2.21 bits per heavy atom. The van der Waals surface area contributed by atoms with Crippen LogP contribution < -0.4 is 15.4 Å². The van der Waals surface area contributed by atoms with E-state index in [1.165, 1.54) is 24.3 Å². The Bertz CT molecular complexity index is 767. The van der Waals surface area contributed by atoms with E-state index in [-0.39, 0.29) is 23.2 Å². The number of anilines is 1. The zero-order chi connectivity index (χ0) is 17.1. The Labute approximate surface area is 138 Å². The van der Waals surface area contributed by atoms with Crippen molar-refractivity contribution in [3.63, 3.8) is 0 Å². The van der Waals surface area contributed by atoms with Gasteiger partial charge in [0.25, 0.3) is 5.69 Å². The minimum atomic E-state index is -0.754. The Balaban J connectivity index is 1.83. The van der Waals surface area contributed by atoms with Crippen molar-refractivity contribution < 1.29 is 14.1 Å². The summed E-state index contributed by atoms with van der Waals surface area (Å²) in [5, 5.41) is 17.6. The first-order valence-corrected chi connectivity index (χ1v) is 7.67. The standard InChI is InChI=1S/C17H18FN3O3/c1-24-17-9-14(16(21(22)23)8-13(17)18)20-10-15-12-5-3-2-4-11(12)6-7-19-15/h2-5,8-9,15,19-20H,6-7,10H2,1H3. The average molecular weight is 331 g/mol. The molecule has 0 aromatic heterocycles. The van der Waals surface area contributed by atoms with Crippen LogP contribution in [0.2, 0.25) is 0 Å². The topological polar surface area (TPSA) is 76.4 Å². The number of nitro groups is 1. The van der Waals surface area contributed by atoms with Gasteiger partial charge in [-0.3, -0.25) is 10.1 Å². The summed E-state index contributed by atoms with van der Waals surface area (Å²) in [5.74, 6) is -0.781. The Kier molecular flexibility index (Phi) is 4.61. The molecule has 3 rings (SSSR count). The van der Waals surface area contributed by atoms with Crippen LogP contribution in [0.25, 0.3) is 0 Å². The van der Waals surface area contributed by atoms with Crippen molar-refractivity contribution in [2.45, 2.75) is 12.5 Å². The second kappa shape index (κ2) is 6.84. The number of hydrogen-bond acceptors (Lipinski definition) is 5. The molecule has 1 atom stereocenters. The fourth-order valence-corrected chi connectivity index (χ4v) is 2.98. The van der Waals surface area contributed by atoms with Gasteiger partial charge in [0.2, 0.25) is 0 Å². The van der Waals surface area contributed by atoms with Crippen molar-refractivity contribution in [1.29, 1.82) is 0 Å². The lowest BCUT2D eigenvalue weighted by Crippen LogP contribution is -2.34. The van der Waals surface area contributed by atoms with Crippen molar-refractivity contribution in [3.05, 3.63) is 63.5 Å². The van der Waals surface area contributed by atoms with Crippen LogP contribution in [0.4, 0.5) is 15.8 Å². The van der Waals surface area contributed by atoms with Gasteiger partial charge in [-0.05, 0) is 24.1 Å². The van der Waals surface area contributed by atoms with Gasteiger partial charge in [0.05, 0.1) is 18.1 Å². The first kappa shape index (κ1) is 16.2. The summed E-state index contributed by atoms with van der Waals surface area (Å²) < 4.78 is 18.6. The largest absolute Gasteiger partial charge is 0.494 e. The molecule has 0 saturated heterocycles. The van der Waals surface area contributed by atoms with Crippen molar-refractivity contribution in [1.82, 2.24) is 5.32 Å². The smallest absolute Gasteiger partial charge is 0.295 e. The molecule has 7 heteroatoms. The van der Waals surface area contributed by atoms with Crippen LogP contribution in [0.5, 0.6) is 5.75 Å². The molecule has 1 unspecified atom stereocenters. The minimum Gasteiger partial charge on any atom is -0.494 e. The molecular weight excluding hydrogens is 313 g/mol. The Morgan fingerprint density at radius 1 is 1.42 bits per heavy atom. The molecule has 24 heavy (non-hydrogen) atoms. The first-order valence-electron chi connectivity index (χ1n) is 7.67. The molecule has 0 amide bonds. The maximum atomic E-state index is 13.7. The van der Waals surface area contributed by atoms with Gasteiger partial charge in [-0.1, -0.05) is 24.3 Å². The average Bonchev–Trinajstić information content (AvgIpc) is 2.60. The summed E-state index contributed by atoms with van der Waals surface area (Å²) in [4.78, 5) is 10.6. The lowest BCUT2D eigenvalue weighted by molar-refractivity contribution is -0.384. The molecule has 2 aromatic rings. The highest BCUT2D eigenvalue weighted by Crippen LogP contribution is 2.32. The molecule has 6 nitrogen and oxygen atoms in total. The van der Waals surface area contributed by atoms with Crippen molar-refractivity contribution in [2.24, 2.45) is 0 Å². The van der Waals surface area contributed by atoms with Gasteiger partial charge in [0.1, 0.15) is 5.69 Å². The van der Waals surface area contributed by atoms with Gasteiger partial charge in [-0.2, -0.15) is 0 Å². The molecule has 1 heterocycles. The molecule has 2 aromatic carbocycles. The molecule has 2 N–H and O–H groups in total. The van der Waals surface area contributed by atoms with E-state index in [1.54, 1.807) is 0 Å². The fourth-order valence-electron chi connectivity index (χ4n) is 2.98. The second-order valence-electron chi connectivity index (χ2n) is 5.60. The van der Waals surface area contributed by atoms with Crippen molar-refractivity contribution in [2.75, 3.05) is 25.5 Å². The molecule has 0 aliphatic carbocycles. The first-order chi connectivity index (χ1) is 11.6. The monoisotopic (exact) mass is 331 g/mol. The quantitative estimate of drug-likeness (QED) is 0.650. The molecule has 0 fully saturated rings. The molecule has 0 bridgehead atoms. The third-order valence-corrected chi connectivity index (χ3v) is 4.18. The third-order valence-electron chi connectivity index (χ3n) is 4.18. The van der Waals surface area contributed by atoms with Crippen LogP contribution in [0, 0.1) is 15.9 Å². The highest BCUT2D eigenvalue weighted by atomic mass is 19.1. The van der Waals surface area contributed by atoms with Crippen molar-refractivity contribution in [3.8, 4) is 5.75 Å². The highest BCUT2D eigenvalue weighted by Gasteiger charge is 2.22. The molecule has 0 spiro atoms. The molecule has 1 aliphatic heterocycles. The summed E-state index contributed by atoms with van der Waals surface area (Å²) in [6.45, 7) is 1.30. The lowest BCUT2D eigenvalue weighted by atomic mass is 9.94. The number of nitro benzene ring substituents is 1. The van der Waals surface area contributed by atoms with Gasteiger partial charge in [-0.25, -0.2) is 4.39 Å². The van der Waals surface area contributed by atoms with Crippen LogP contribution in [0.3, 0.4) is 0 Å². The van der Waals surface area contributed by atoms with E-state index in [1.807, 2.05) is 18.2 Å². The van der Waals surface area contributed by atoms with Gasteiger partial charge >= 0.3 is 0 Å². The maximum Gasteiger partial charge on any atom is 0.295 e. The van der Waals surface area contributed by atoms with E-state index >= 15 is 0 Å². The van der Waals surface area contributed by atoms with Crippen LogP contribution in [-0.4, -0.2) is 25.1 Å². The van der Waals surface area contributed by atoms with Crippen LogP contribution >= 0.6 is 0 Å². The lowest BCUT2D eigenvalue weighted by Gasteiger charge is -2.27. The van der Waals surface area contributed by atoms with Crippen LogP contribution in [-0.2, 0) is 6.42 Å². The van der Waals surface area contributed by atoms with Gasteiger partial charge in [0, 0.05) is 18.7 Å². The number of methoxy groups -OCH3 is 1. The normalized spacial score (nSPS) is 16.3. The summed E-state index contributed by atoms with van der Waals surface area (Å²) in [7, 11) is 1.33. The van der Waals surface area contributed by atoms with E-state index in [4.69, 9.17) is 4.74 Å². The van der Waals surface area contributed by atoms with E-state index in [2.05, 4.69) is 16.7 Å². The summed E-state index contributed by atoms with van der Waals surface area (Å²) in [5.41, 5.74) is 2.38. The Morgan fingerprint density at radius 3 is 2.96 bits per heavy atom. The van der Waals surface area contributed by atoms with Crippen molar-refractivity contribution >= 4 is 11.4 Å². The number of hydrogen-bond donors (Lipinski definition) is 2. The zero-order valence-electron chi connectivity index (χ0n) is 13.2. The fraction of sp³-hybridized carbons (Fsp3) is 0.294. The summed E-state index contributed by atoms with van der Waals surface area (Å²) in [6, 6.07) is 10.4. The SMILES string of the molecule is COc1cc(NCC2NCCc3ccccc32)c([N+](=O)[O-])cc1F. The minimum absolute atomic E-state index is 0.0277. The summed E-state index contributed by atoms with van der Waals surface area (Å²) in [6.07, 6.45) is 0.956. The number of ether oxygens (including phenoxy) is 1. The molecule has 0 radical (unpaired) electrons. The van der Waals surface area contributed by atoms with E-state index < -0.39 is 10.7 Å². The molecule has 1 aliphatic rings. The zero-order valence-corrected chi connectivity index (χ0v) is 13.2. The van der Waals surface area contributed by atoms with E-state index in [0.29, 0.717) is 6.54 Å². The van der Waals surface area contributed by atoms with Gasteiger partial charge in [0.15, 0.2) is 11.6 Å². The number of fused-ring (bicyclic) bond motifs is 1. The number of benzene rings is 2. The predicted molar refractivity (Wildman–Crippen MR) is 89.0 cm³/mol. The van der Waals surface area contributed by atoms with E-state index in [0.717, 1.165) is 19.0 Å². The molecular formula is C17H18FN3O3. The maximum absolute atomic E-state index is 13.7. The Hall–Kier alpha value is -2.67. The third kappa shape index (κ3) is 3.16. The second-order valence-corrected chi connectivity index (χ2v) is 5.60. The number of nitrogens with one attached hydrogen (secondary N) is 2. The number of halogens is 1. The van der Waals surface area contributed by atoms with Gasteiger partial charge < -0.3 is 15.4 Å². The predicted octanol–water partition coefficient (Wildman–Crippen LogP) is 3.04. The van der Waals surface area contributed by atoms with E-state index in [9.17, 15) is 14.5 Å². The highest BCUT2D eigenvalue weighted by molar-refractivity contribution is 5.64. The van der Waals surface area contributed by atoms with Crippen LogP contribution in [0.15, 0.2) is 36.4 Å². The summed E-state index contributed by atoms with van der Waals surface area (Å²) >= 11 is 0. The molecule has 126 valence electrons. The number of nitrogens with zero attached hydrogens (tertiary/aromatic N) is 1.